The summed E-state index contributed by atoms with van der Waals surface area (Å²) in [6, 6.07) is 11.6. The van der Waals surface area contributed by atoms with E-state index in [1.165, 1.54) is 57.9 Å². The molecular weight excluding hydrogens is 486 g/mol. The zero-order chi connectivity index (χ0) is 24.8. The van der Waals surface area contributed by atoms with Crippen LogP contribution >= 0.6 is 0 Å². The first-order valence-corrected chi connectivity index (χ1v) is 9.84. The smallest absolute Gasteiger partial charge is 0.545 e. The van der Waals surface area contributed by atoms with E-state index in [0.717, 1.165) is 0 Å². The van der Waals surface area contributed by atoms with E-state index < -0.39 is 11.9 Å². The van der Waals surface area contributed by atoms with Gasteiger partial charge >= 0.3 is 59.1 Å². The molecule has 0 spiro atoms. The van der Waals surface area contributed by atoms with Gasteiger partial charge in [-0.1, -0.05) is 0 Å². The zero-order valence-corrected chi connectivity index (χ0v) is 24.2. The third-order valence-electron chi connectivity index (χ3n) is 4.75. The maximum atomic E-state index is 11.2. The number of rotatable bonds is 4. The fraction of sp³-hybridized carbons (Fsp3) is 0.0833. The molecule has 0 aliphatic rings. The summed E-state index contributed by atoms with van der Waals surface area (Å²) in [5.41, 5.74) is 2.18. The predicted octanol–water partition coefficient (Wildman–Crippen LogP) is -6.37. The number of carboxylic acid groups (broad SMARTS) is 2. The second-order valence-electron chi connectivity index (χ2n) is 7.17. The fourth-order valence-corrected chi connectivity index (χ4v) is 2.92. The first-order chi connectivity index (χ1) is 16.2. The molecule has 0 aromatic carbocycles. The Morgan fingerprint density at radius 3 is 1.33 bits per heavy atom. The second kappa shape index (κ2) is 14.0. The van der Waals surface area contributed by atoms with Crippen LogP contribution in [0.15, 0.2) is 82.9 Å². The third-order valence-corrected chi connectivity index (χ3v) is 4.75. The summed E-state index contributed by atoms with van der Waals surface area (Å²) in [4.78, 5) is 52.0. The van der Waals surface area contributed by atoms with Crippen molar-refractivity contribution in [1.82, 2.24) is 19.1 Å². The summed E-state index contributed by atoms with van der Waals surface area (Å²) in [6.45, 7) is 0. The van der Waals surface area contributed by atoms with Crippen LogP contribution in [-0.2, 0) is 14.1 Å². The number of hydrogen-bond donors (Lipinski definition) is 0. The molecule has 172 valence electrons. The number of hydrogen-bond acceptors (Lipinski definition) is 8. The molecule has 0 saturated carbocycles. The molecule has 4 rings (SSSR count). The van der Waals surface area contributed by atoms with Crippen molar-refractivity contribution in [2.45, 2.75) is 0 Å². The Labute approximate surface area is 249 Å². The topological polar surface area (TPSA) is 150 Å². The van der Waals surface area contributed by atoms with Gasteiger partial charge in [-0.05, 0) is 36.4 Å². The van der Waals surface area contributed by atoms with E-state index in [1.807, 2.05) is 0 Å². The van der Waals surface area contributed by atoms with Crippen LogP contribution < -0.4 is 80.4 Å². The van der Waals surface area contributed by atoms with Crippen molar-refractivity contribution in [1.29, 1.82) is 0 Å². The van der Waals surface area contributed by atoms with E-state index in [4.69, 9.17) is 0 Å². The monoisotopic (exact) mass is 504 g/mol. The van der Waals surface area contributed by atoms with Gasteiger partial charge in [0.25, 0.3) is 0 Å². The summed E-state index contributed by atoms with van der Waals surface area (Å²) in [5, 5.41) is 21.4. The van der Waals surface area contributed by atoms with Crippen LogP contribution in [0.3, 0.4) is 0 Å². The van der Waals surface area contributed by atoms with Crippen molar-refractivity contribution in [3.63, 3.8) is 0 Å². The number of carboxylic acids is 2. The standard InChI is InChI=1S/2C12H10N2O3.2Na/c2*1-14-7-9(2-3-11(14)15)10-6-8(12(16)17)4-5-13-10;;/h2*2-7H,1H3,(H,16,17);;/q;;2*+1/p-2. The van der Waals surface area contributed by atoms with E-state index in [0.29, 0.717) is 22.5 Å². The molecule has 36 heavy (non-hydrogen) atoms. The van der Waals surface area contributed by atoms with Gasteiger partial charge in [-0.3, -0.25) is 19.6 Å². The van der Waals surface area contributed by atoms with Gasteiger partial charge in [0.2, 0.25) is 11.1 Å². The minimum absolute atomic E-state index is 0. The SMILES string of the molecule is Cn1cc(-c2cc(C(=O)[O-])ccn2)ccc1=O.Cn1cc(-c2cc(C(=O)[O-])ccn2)ccc1=O.[Na+].[Na+]. The minimum atomic E-state index is -1.25. The summed E-state index contributed by atoms with van der Waals surface area (Å²) >= 11 is 0. The van der Waals surface area contributed by atoms with Crippen LogP contribution in [-0.4, -0.2) is 31.0 Å². The van der Waals surface area contributed by atoms with E-state index in [-0.39, 0.29) is 81.4 Å². The molecule has 0 N–H and O–H groups in total. The molecule has 0 bridgehead atoms. The van der Waals surface area contributed by atoms with Crippen molar-refractivity contribution in [3.8, 4) is 22.5 Å². The number of pyridine rings is 4. The number of carbonyl (C=O) groups is 2. The molecule has 0 aliphatic carbocycles. The summed E-state index contributed by atoms with van der Waals surface area (Å²) in [7, 11) is 3.24. The molecule has 4 aromatic rings. The molecule has 4 aromatic heterocycles. The van der Waals surface area contributed by atoms with Crippen LogP contribution in [0.2, 0.25) is 0 Å². The van der Waals surface area contributed by atoms with Gasteiger partial charge in [0.15, 0.2) is 0 Å². The molecule has 0 aliphatic heterocycles. The first kappa shape index (κ1) is 31.2. The summed E-state index contributed by atoms with van der Waals surface area (Å²) in [6.07, 6.45) is 5.99. The number of carbonyl (C=O) groups excluding carboxylic acids is 2. The zero-order valence-electron chi connectivity index (χ0n) is 20.2. The molecule has 12 heteroatoms. The minimum Gasteiger partial charge on any atom is -0.545 e. The summed E-state index contributed by atoms with van der Waals surface area (Å²) < 4.78 is 2.81. The maximum Gasteiger partial charge on any atom is 1.00 e. The fourth-order valence-electron chi connectivity index (χ4n) is 2.92. The van der Waals surface area contributed by atoms with Crippen LogP contribution in [0, 0.1) is 0 Å². The van der Waals surface area contributed by atoms with Crippen LogP contribution in [0.1, 0.15) is 20.7 Å². The number of aromatic carboxylic acids is 2. The average Bonchev–Trinajstić information content (AvgIpc) is 2.83. The molecule has 4 heterocycles. The van der Waals surface area contributed by atoms with Gasteiger partial charge in [0.05, 0.1) is 23.3 Å². The van der Waals surface area contributed by atoms with Crippen molar-refractivity contribution < 1.29 is 78.9 Å². The molecular formula is C24H18N4Na2O6. The Hall–Kier alpha value is -2.86. The normalized spacial score (nSPS) is 9.61. The van der Waals surface area contributed by atoms with Gasteiger partial charge in [0, 0.05) is 73.3 Å². The molecule has 0 radical (unpaired) electrons. The first-order valence-electron chi connectivity index (χ1n) is 9.84. The largest absolute Gasteiger partial charge is 1.00 e. The quantitative estimate of drug-likeness (QED) is 0.249. The van der Waals surface area contributed by atoms with Crippen molar-refractivity contribution >= 4 is 11.9 Å². The molecule has 0 atom stereocenters. The van der Waals surface area contributed by atoms with E-state index in [9.17, 15) is 29.4 Å². The second-order valence-corrected chi connectivity index (χ2v) is 7.17. The third kappa shape index (κ3) is 8.09. The van der Waals surface area contributed by atoms with Crippen LogP contribution in [0.4, 0.5) is 0 Å². The Balaban J connectivity index is 0.000000341. The molecule has 0 fully saturated rings. The van der Waals surface area contributed by atoms with Gasteiger partial charge in [-0.15, -0.1) is 0 Å². The average molecular weight is 504 g/mol. The van der Waals surface area contributed by atoms with Crippen LogP contribution in [0.5, 0.6) is 0 Å². The van der Waals surface area contributed by atoms with Crippen molar-refractivity contribution in [2.75, 3.05) is 0 Å². The molecule has 0 amide bonds. The number of aromatic nitrogens is 4. The Morgan fingerprint density at radius 1 is 0.667 bits per heavy atom. The molecule has 0 saturated heterocycles. The van der Waals surface area contributed by atoms with Crippen molar-refractivity contribution in [2.24, 2.45) is 14.1 Å². The van der Waals surface area contributed by atoms with Gasteiger partial charge < -0.3 is 28.9 Å². The van der Waals surface area contributed by atoms with Gasteiger partial charge in [-0.25, -0.2) is 0 Å². The Bertz CT molecular complexity index is 1390. The van der Waals surface area contributed by atoms with Gasteiger partial charge in [0.1, 0.15) is 0 Å². The van der Waals surface area contributed by atoms with Crippen molar-refractivity contribution in [3.05, 3.63) is 105 Å². The van der Waals surface area contributed by atoms with E-state index in [1.54, 1.807) is 38.6 Å². The Kier molecular flexibility index (Phi) is 12.1. The molecule has 10 nitrogen and oxygen atoms in total. The summed E-state index contributed by atoms with van der Waals surface area (Å²) in [5.74, 6) is -2.50. The van der Waals surface area contributed by atoms with E-state index in [2.05, 4.69) is 9.97 Å². The van der Waals surface area contributed by atoms with Gasteiger partial charge in [-0.2, -0.15) is 0 Å². The Morgan fingerprint density at radius 2 is 1.03 bits per heavy atom. The maximum absolute atomic E-state index is 11.2. The molecule has 0 unspecified atom stereocenters. The predicted molar refractivity (Wildman–Crippen MR) is 118 cm³/mol. The van der Waals surface area contributed by atoms with E-state index >= 15 is 0 Å². The number of aryl methyl sites for hydroxylation is 2. The number of nitrogens with zero attached hydrogens (tertiary/aromatic N) is 4. The van der Waals surface area contributed by atoms with Crippen LogP contribution in [0.25, 0.3) is 22.5 Å².